The maximum Gasteiger partial charge on any atom is 0.225 e. The molecule has 1 amide bonds. The van der Waals surface area contributed by atoms with Crippen LogP contribution in [0.1, 0.15) is 37.7 Å². The van der Waals surface area contributed by atoms with E-state index in [0.29, 0.717) is 19.5 Å². The van der Waals surface area contributed by atoms with Gasteiger partial charge in [0.2, 0.25) is 5.91 Å². The predicted octanol–water partition coefficient (Wildman–Crippen LogP) is 1.85. The van der Waals surface area contributed by atoms with E-state index in [1.54, 1.807) is 0 Å². The van der Waals surface area contributed by atoms with Crippen LogP contribution in [0.5, 0.6) is 0 Å². The molecule has 24 heavy (non-hydrogen) atoms. The molecule has 2 heterocycles. The molecule has 130 valence electrons. The molecule has 0 aliphatic carbocycles. The third-order valence-electron chi connectivity index (χ3n) is 4.44. The first-order valence-corrected chi connectivity index (χ1v) is 8.79. The lowest BCUT2D eigenvalue weighted by Gasteiger charge is -2.26. The quantitative estimate of drug-likeness (QED) is 0.569. The number of hydrogen-bond donors (Lipinski definition) is 3. The lowest BCUT2D eigenvalue weighted by Crippen LogP contribution is -2.41. The molecule has 3 N–H and O–H groups in total. The number of amides is 1. The monoisotopic (exact) mass is 330 g/mol. The van der Waals surface area contributed by atoms with Gasteiger partial charge in [-0.3, -0.25) is 9.79 Å². The molecule has 2 atom stereocenters. The molecule has 1 aromatic carbocycles. The minimum atomic E-state index is 0.0711. The second-order valence-electron chi connectivity index (χ2n) is 6.27. The van der Waals surface area contributed by atoms with Crippen molar-refractivity contribution in [1.29, 1.82) is 0 Å². The summed E-state index contributed by atoms with van der Waals surface area (Å²) in [5.74, 6) is 1.01. The Balaban J connectivity index is 1.61. The fourth-order valence-electron chi connectivity index (χ4n) is 3.23. The lowest BCUT2D eigenvalue weighted by molar-refractivity contribution is -0.116. The minimum absolute atomic E-state index is 0.0711. The highest BCUT2D eigenvalue weighted by atomic mass is 16.5. The molecule has 0 saturated carbocycles. The smallest absolute Gasteiger partial charge is 0.225 e. The van der Waals surface area contributed by atoms with Crippen molar-refractivity contribution in [2.75, 3.05) is 31.6 Å². The Morgan fingerprint density at radius 3 is 3.04 bits per heavy atom. The largest absolute Gasteiger partial charge is 0.376 e. The number of benzene rings is 1. The standard InChI is InChI=1S/C18H26N4O2/c1-2-19-18(21-12-14-6-5-9-24-14)20-11-13-10-17(23)22-16-8-4-3-7-15(13)16/h3-4,7-8,13-14H,2,5-6,9-12H2,1H3,(H,22,23)(H2,19,20,21). The van der Waals surface area contributed by atoms with Crippen LogP contribution in [0, 0.1) is 0 Å². The zero-order valence-electron chi connectivity index (χ0n) is 14.2. The summed E-state index contributed by atoms with van der Waals surface area (Å²) >= 11 is 0. The zero-order chi connectivity index (χ0) is 16.8. The molecular weight excluding hydrogens is 304 g/mol. The van der Waals surface area contributed by atoms with Gasteiger partial charge in [0.25, 0.3) is 0 Å². The number of carbonyl (C=O) groups excluding carboxylic acids is 1. The number of fused-ring (bicyclic) bond motifs is 1. The van der Waals surface area contributed by atoms with E-state index in [4.69, 9.17) is 4.74 Å². The maximum atomic E-state index is 11.9. The summed E-state index contributed by atoms with van der Waals surface area (Å²) in [6.45, 7) is 5.06. The number of hydrogen-bond acceptors (Lipinski definition) is 3. The fourth-order valence-corrected chi connectivity index (χ4v) is 3.23. The van der Waals surface area contributed by atoms with Gasteiger partial charge >= 0.3 is 0 Å². The molecular formula is C18H26N4O2. The third kappa shape index (κ3) is 4.26. The Labute approximate surface area is 143 Å². The summed E-state index contributed by atoms with van der Waals surface area (Å²) in [6, 6.07) is 8.00. The number of carbonyl (C=O) groups is 1. The highest BCUT2D eigenvalue weighted by Crippen LogP contribution is 2.31. The van der Waals surface area contributed by atoms with Crippen molar-refractivity contribution >= 4 is 17.6 Å². The highest BCUT2D eigenvalue weighted by molar-refractivity contribution is 5.94. The van der Waals surface area contributed by atoms with Crippen molar-refractivity contribution in [3.8, 4) is 0 Å². The van der Waals surface area contributed by atoms with E-state index in [0.717, 1.165) is 37.6 Å². The number of aliphatic imine (C=N–C) groups is 1. The molecule has 6 nitrogen and oxygen atoms in total. The first kappa shape index (κ1) is 16.8. The first-order chi connectivity index (χ1) is 11.8. The van der Waals surface area contributed by atoms with E-state index in [1.165, 1.54) is 5.56 Å². The molecule has 1 aromatic rings. The highest BCUT2D eigenvalue weighted by Gasteiger charge is 2.24. The van der Waals surface area contributed by atoms with Crippen LogP contribution >= 0.6 is 0 Å². The van der Waals surface area contributed by atoms with Crippen molar-refractivity contribution in [3.05, 3.63) is 29.8 Å². The van der Waals surface area contributed by atoms with Gasteiger partial charge in [0.1, 0.15) is 0 Å². The molecule has 0 bridgehead atoms. The zero-order valence-corrected chi connectivity index (χ0v) is 14.2. The van der Waals surface area contributed by atoms with Gasteiger partial charge in [-0.15, -0.1) is 0 Å². The van der Waals surface area contributed by atoms with Crippen LogP contribution in [0.25, 0.3) is 0 Å². The van der Waals surface area contributed by atoms with Gasteiger partial charge in [-0.05, 0) is 31.4 Å². The van der Waals surface area contributed by atoms with E-state index < -0.39 is 0 Å². The SMILES string of the molecule is CCNC(=NCC1CCCO1)NCC1CC(=O)Nc2ccccc21. The number of nitrogens with one attached hydrogen (secondary N) is 3. The second-order valence-corrected chi connectivity index (χ2v) is 6.27. The molecule has 0 spiro atoms. The normalized spacial score (nSPS) is 23.5. The van der Waals surface area contributed by atoms with Crippen LogP contribution in [-0.4, -0.2) is 44.2 Å². The van der Waals surface area contributed by atoms with Crippen molar-refractivity contribution in [2.24, 2.45) is 4.99 Å². The van der Waals surface area contributed by atoms with Crippen LogP contribution in [0.15, 0.2) is 29.3 Å². The number of guanidine groups is 1. The van der Waals surface area contributed by atoms with Crippen LogP contribution in [0.2, 0.25) is 0 Å². The number of rotatable bonds is 5. The van der Waals surface area contributed by atoms with Gasteiger partial charge in [0, 0.05) is 37.7 Å². The average molecular weight is 330 g/mol. The lowest BCUT2D eigenvalue weighted by atomic mass is 9.90. The topological polar surface area (TPSA) is 74.8 Å². The summed E-state index contributed by atoms with van der Waals surface area (Å²) in [4.78, 5) is 16.5. The summed E-state index contributed by atoms with van der Waals surface area (Å²) in [6.07, 6.45) is 2.94. The number of ether oxygens (including phenoxy) is 1. The van der Waals surface area contributed by atoms with E-state index in [-0.39, 0.29) is 17.9 Å². The summed E-state index contributed by atoms with van der Waals surface area (Å²) in [7, 11) is 0. The van der Waals surface area contributed by atoms with Crippen molar-refractivity contribution in [1.82, 2.24) is 10.6 Å². The Morgan fingerprint density at radius 2 is 2.25 bits per heavy atom. The van der Waals surface area contributed by atoms with E-state index >= 15 is 0 Å². The van der Waals surface area contributed by atoms with Crippen molar-refractivity contribution in [2.45, 2.75) is 38.2 Å². The molecule has 1 fully saturated rings. The van der Waals surface area contributed by atoms with Crippen LogP contribution in [0.3, 0.4) is 0 Å². The van der Waals surface area contributed by atoms with Crippen LogP contribution in [0.4, 0.5) is 5.69 Å². The molecule has 0 radical (unpaired) electrons. The number of anilines is 1. The third-order valence-corrected chi connectivity index (χ3v) is 4.44. The molecule has 2 aliphatic heterocycles. The Kier molecular flexibility index (Phi) is 5.69. The van der Waals surface area contributed by atoms with Crippen LogP contribution < -0.4 is 16.0 Å². The molecule has 3 rings (SSSR count). The Bertz CT molecular complexity index is 596. The molecule has 0 aromatic heterocycles. The second kappa shape index (κ2) is 8.15. The molecule has 1 saturated heterocycles. The van der Waals surface area contributed by atoms with E-state index in [1.807, 2.05) is 25.1 Å². The Hall–Kier alpha value is -2.08. The predicted molar refractivity (Wildman–Crippen MR) is 95.4 cm³/mol. The first-order valence-electron chi connectivity index (χ1n) is 8.79. The van der Waals surface area contributed by atoms with E-state index in [9.17, 15) is 4.79 Å². The van der Waals surface area contributed by atoms with Crippen LogP contribution in [-0.2, 0) is 9.53 Å². The maximum absolute atomic E-state index is 11.9. The minimum Gasteiger partial charge on any atom is -0.376 e. The van der Waals surface area contributed by atoms with Crippen molar-refractivity contribution in [3.63, 3.8) is 0 Å². The fraction of sp³-hybridized carbons (Fsp3) is 0.556. The summed E-state index contributed by atoms with van der Waals surface area (Å²) in [5, 5.41) is 9.58. The van der Waals surface area contributed by atoms with Gasteiger partial charge in [-0.25, -0.2) is 0 Å². The van der Waals surface area contributed by atoms with Gasteiger partial charge in [-0.2, -0.15) is 0 Å². The molecule has 2 aliphatic rings. The molecule has 2 unspecified atom stereocenters. The van der Waals surface area contributed by atoms with E-state index in [2.05, 4.69) is 27.0 Å². The van der Waals surface area contributed by atoms with Gasteiger partial charge in [0.15, 0.2) is 5.96 Å². The summed E-state index contributed by atoms with van der Waals surface area (Å²) in [5.41, 5.74) is 2.10. The number of para-hydroxylation sites is 1. The average Bonchev–Trinajstić information content (AvgIpc) is 3.10. The summed E-state index contributed by atoms with van der Waals surface area (Å²) < 4.78 is 5.62. The van der Waals surface area contributed by atoms with Gasteiger partial charge in [0.05, 0.1) is 12.6 Å². The Morgan fingerprint density at radius 1 is 1.38 bits per heavy atom. The van der Waals surface area contributed by atoms with Gasteiger partial charge in [-0.1, -0.05) is 18.2 Å². The number of nitrogens with zero attached hydrogens (tertiary/aromatic N) is 1. The van der Waals surface area contributed by atoms with Crippen molar-refractivity contribution < 1.29 is 9.53 Å². The van der Waals surface area contributed by atoms with Gasteiger partial charge < -0.3 is 20.7 Å². The molecule has 6 heteroatoms.